The topological polar surface area (TPSA) is 35.8 Å². The van der Waals surface area contributed by atoms with Crippen LogP contribution in [0.2, 0.25) is 0 Å². The van der Waals surface area contributed by atoms with E-state index >= 15 is 0 Å². The molecule has 1 saturated carbocycles. The third-order valence-corrected chi connectivity index (χ3v) is 4.81. The second-order valence-corrected chi connectivity index (χ2v) is 6.16. The number of nitriles is 1. The van der Waals surface area contributed by atoms with Crippen molar-refractivity contribution in [3.05, 3.63) is 35.1 Å². The first kappa shape index (κ1) is 14.4. The van der Waals surface area contributed by atoms with Crippen molar-refractivity contribution in [3.63, 3.8) is 0 Å². The Bertz CT molecular complexity index is 470. The molecule has 4 heteroatoms. The van der Waals surface area contributed by atoms with Gasteiger partial charge in [-0.15, -0.1) is 0 Å². The molecule has 1 N–H and O–H groups in total. The van der Waals surface area contributed by atoms with Gasteiger partial charge in [0.15, 0.2) is 0 Å². The first-order chi connectivity index (χ1) is 9.22. The molecule has 0 spiro atoms. The van der Waals surface area contributed by atoms with E-state index in [-0.39, 0.29) is 5.82 Å². The van der Waals surface area contributed by atoms with Crippen LogP contribution in [0, 0.1) is 17.1 Å². The molecule has 1 aliphatic carbocycles. The fraction of sp³-hybridized carbons (Fsp3) is 0.533. The summed E-state index contributed by atoms with van der Waals surface area (Å²) in [5.41, 5.74) is 1.11. The first-order valence-corrected chi connectivity index (χ1v) is 7.96. The van der Waals surface area contributed by atoms with Crippen LogP contribution in [0.15, 0.2) is 18.2 Å². The monoisotopic (exact) mass is 278 g/mol. The molecule has 0 bridgehead atoms. The minimum absolute atomic E-state index is 0.233. The minimum Gasteiger partial charge on any atom is -0.310 e. The number of halogens is 1. The molecular weight excluding hydrogens is 259 g/mol. The van der Waals surface area contributed by atoms with Crippen molar-refractivity contribution in [1.29, 1.82) is 5.26 Å². The van der Waals surface area contributed by atoms with E-state index in [9.17, 15) is 4.39 Å². The molecule has 1 fully saturated rings. The van der Waals surface area contributed by atoms with Gasteiger partial charge in [0.1, 0.15) is 5.82 Å². The molecule has 2 rings (SSSR count). The summed E-state index contributed by atoms with van der Waals surface area (Å²) in [4.78, 5) is 0. The molecular formula is C15H19FN2S. The van der Waals surface area contributed by atoms with Gasteiger partial charge in [-0.25, -0.2) is 4.39 Å². The Morgan fingerprint density at radius 3 is 3.05 bits per heavy atom. The van der Waals surface area contributed by atoms with Gasteiger partial charge in [-0.1, -0.05) is 6.42 Å². The average Bonchev–Trinajstić information content (AvgIpc) is 2.46. The van der Waals surface area contributed by atoms with E-state index < -0.39 is 0 Å². The van der Waals surface area contributed by atoms with Crippen LogP contribution in [0.5, 0.6) is 0 Å². The molecule has 1 aromatic rings. The summed E-state index contributed by atoms with van der Waals surface area (Å²) >= 11 is 1.92. The van der Waals surface area contributed by atoms with Crippen molar-refractivity contribution < 1.29 is 4.39 Å². The summed E-state index contributed by atoms with van der Waals surface area (Å²) in [5, 5.41) is 13.0. The normalized spacial score (nSPS) is 23.0. The lowest BCUT2D eigenvalue weighted by molar-refractivity contribution is 0.377. The Hall–Kier alpha value is -1.05. The Morgan fingerprint density at radius 1 is 1.47 bits per heavy atom. The molecule has 102 valence electrons. The highest BCUT2D eigenvalue weighted by Gasteiger charge is 2.20. The lowest BCUT2D eigenvalue weighted by Crippen LogP contribution is -2.34. The molecule has 0 heterocycles. The van der Waals surface area contributed by atoms with E-state index in [1.54, 1.807) is 6.07 Å². The van der Waals surface area contributed by atoms with Crippen LogP contribution < -0.4 is 5.32 Å². The maximum Gasteiger partial charge on any atom is 0.127 e. The lowest BCUT2D eigenvalue weighted by Gasteiger charge is -2.28. The molecule has 1 aromatic carbocycles. The van der Waals surface area contributed by atoms with Gasteiger partial charge in [0, 0.05) is 23.4 Å². The zero-order valence-corrected chi connectivity index (χ0v) is 12.0. The Balaban J connectivity index is 1.93. The van der Waals surface area contributed by atoms with Crippen LogP contribution in [0.25, 0.3) is 0 Å². The summed E-state index contributed by atoms with van der Waals surface area (Å²) in [6.45, 7) is 0.507. The van der Waals surface area contributed by atoms with Crippen LogP contribution >= 0.6 is 11.8 Å². The van der Waals surface area contributed by atoms with E-state index in [4.69, 9.17) is 5.26 Å². The maximum atomic E-state index is 13.6. The fourth-order valence-electron chi connectivity index (χ4n) is 2.58. The van der Waals surface area contributed by atoms with Crippen LogP contribution in [-0.4, -0.2) is 17.5 Å². The smallest absolute Gasteiger partial charge is 0.127 e. The number of hydrogen-bond donors (Lipinski definition) is 1. The van der Waals surface area contributed by atoms with Gasteiger partial charge in [0.05, 0.1) is 11.6 Å². The van der Waals surface area contributed by atoms with Gasteiger partial charge in [-0.3, -0.25) is 0 Å². The minimum atomic E-state index is -0.233. The molecule has 0 aliphatic heterocycles. The lowest BCUT2D eigenvalue weighted by atomic mass is 9.94. The zero-order valence-electron chi connectivity index (χ0n) is 11.2. The Labute approximate surface area is 118 Å². The van der Waals surface area contributed by atoms with Crippen LogP contribution in [-0.2, 0) is 6.54 Å². The molecule has 0 amide bonds. The highest BCUT2D eigenvalue weighted by molar-refractivity contribution is 7.99. The molecule has 2 unspecified atom stereocenters. The SMILES string of the molecule is CSC1CCCC(NCc2cc(C#N)ccc2F)C1. The van der Waals surface area contributed by atoms with E-state index in [2.05, 4.69) is 17.6 Å². The second kappa shape index (κ2) is 6.93. The number of benzene rings is 1. The molecule has 1 aliphatic rings. The number of rotatable bonds is 4. The predicted molar refractivity (Wildman–Crippen MR) is 77.5 cm³/mol. The largest absolute Gasteiger partial charge is 0.310 e. The molecule has 0 radical (unpaired) electrons. The number of nitrogens with one attached hydrogen (secondary N) is 1. The van der Waals surface area contributed by atoms with Crippen LogP contribution in [0.4, 0.5) is 4.39 Å². The van der Waals surface area contributed by atoms with E-state index in [0.29, 0.717) is 23.7 Å². The first-order valence-electron chi connectivity index (χ1n) is 6.67. The van der Waals surface area contributed by atoms with Gasteiger partial charge in [-0.2, -0.15) is 17.0 Å². The Kier molecular flexibility index (Phi) is 5.24. The summed E-state index contributed by atoms with van der Waals surface area (Å²) in [5.74, 6) is -0.233. The van der Waals surface area contributed by atoms with Gasteiger partial charge in [0.25, 0.3) is 0 Å². The fourth-order valence-corrected chi connectivity index (χ4v) is 3.41. The van der Waals surface area contributed by atoms with Crippen molar-refractivity contribution in [2.75, 3.05) is 6.26 Å². The summed E-state index contributed by atoms with van der Waals surface area (Å²) in [6.07, 6.45) is 7.00. The summed E-state index contributed by atoms with van der Waals surface area (Å²) < 4.78 is 13.6. The number of nitrogens with zero attached hydrogens (tertiary/aromatic N) is 1. The van der Waals surface area contributed by atoms with E-state index in [0.717, 1.165) is 18.1 Å². The number of hydrogen-bond acceptors (Lipinski definition) is 3. The third kappa shape index (κ3) is 3.95. The summed E-state index contributed by atoms with van der Waals surface area (Å²) in [7, 11) is 0. The third-order valence-electron chi connectivity index (χ3n) is 3.72. The molecule has 2 atom stereocenters. The van der Waals surface area contributed by atoms with Crippen LogP contribution in [0.1, 0.15) is 36.8 Å². The number of thioether (sulfide) groups is 1. The molecule has 19 heavy (non-hydrogen) atoms. The van der Waals surface area contributed by atoms with Gasteiger partial charge >= 0.3 is 0 Å². The standard InChI is InChI=1S/C15H19FN2S/c1-19-14-4-2-3-13(8-14)18-10-12-7-11(9-17)5-6-15(12)16/h5-7,13-14,18H,2-4,8,10H2,1H3. The van der Waals surface area contributed by atoms with Crippen molar-refractivity contribution in [3.8, 4) is 6.07 Å². The second-order valence-electron chi connectivity index (χ2n) is 5.02. The Morgan fingerprint density at radius 2 is 2.32 bits per heavy atom. The van der Waals surface area contributed by atoms with Gasteiger partial charge in [-0.05, 0) is 43.7 Å². The van der Waals surface area contributed by atoms with Gasteiger partial charge in [0.2, 0.25) is 0 Å². The van der Waals surface area contributed by atoms with Crippen molar-refractivity contribution in [2.24, 2.45) is 0 Å². The van der Waals surface area contributed by atoms with Gasteiger partial charge < -0.3 is 5.32 Å². The molecule has 0 aromatic heterocycles. The van der Waals surface area contributed by atoms with Crippen molar-refractivity contribution in [2.45, 2.75) is 43.5 Å². The average molecular weight is 278 g/mol. The highest BCUT2D eigenvalue weighted by Crippen LogP contribution is 2.27. The van der Waals surface area contributed by atoms with E-state index in [1.807, 2.05) is 11.8 Å². The quantitative estimate of drug-likeness (QED) is 0.916. The maximum absolute atomic E-state index is 13.6. The highest BCUT2D eigenvalue weighted by atomic mass is 32.2. The molecule has 0 saturated heterocycles. The van der Waals surface area contributed by atoms with Crippen LogP contribution in [0.3, 0.4) is 0 Å². The zero-order chi connectivity index (χ0) is 13.7. The van der Waals surface area contributed by atoms with Crippen molar-refractivity contribution >= 4 is 11.8 Å². The molecule has 2 nitrogen and oxygen atoms in total. The summed E-state index contributed by atoms with van der Waals surface area (Å²) in [6, 6.07) is 7.05. The van der Waals surface area contributed by atoms with Crippen molar-refractivity contribution in [1.82, 2.24) is 5.32 Å². The predicted octanol–water partition coefficient (Wildman–Crippen LogP) is 3.46. The van der Waals surface area contributed by atoms with E-state index in [1.165, 1.54) is 25.0 Å².